The molecule has 0 radical (unpaired) electrons. The Morgan fingerprint density at radius 2 is 2.17 bits per heavy atom. The first kappa shape index (κ1) is 16.7. The van der Waals surface area contributed by atoms with Crippen LogP contribution in [0.2, 0.25) is 0 Å². The molecule has 2 aromatic rings. The lowest BCUT2D eigenvalue weighted by molar-refractivity contribution is 0.0929. The number of benzene rings is 1. The van der Waals surface area contributed by atoms with Crippen molar-refractivity contribution in [2.75, 3.05) is 13.1 Å². The minimum absolute atomic E-state index is 0.0135. The molecule has 1 aromatic heterocycles. The number of hydrogen-bond acceptors (Lipinski definition) is 3. The number of piperidine rings is 1. The number of aryl methyl sites for hydroxylation is 1. The molecule has 2 heterocycles. The predicted octanol–water partition coefficient (Wildman–Crippen LogP) is 3.00. The van der Waals surface area contributed by atoms with Gasteiger partial charge in [-0.15, -0.1) is 0 Å². The molecule has 5 nitrogen and oxygen atoms in total. The second-order valence-corrected chi connectivity index (χ2v) is 6.53. The highest BCUT2D eigenvalue weighted by Gasteiger charge is 2.19. The van der Waals surface area contributed by atoms with Crippen LogP contribution in [0.15, 0.2) is 36.5 Å². The molecule has 1 aromatic carbocycles. The Bertz CT molecular complexity index is 671. The smallest absolute Gasteiger partial charge is 0.272 e. The normalized spacial score (nSPS) is 19.0. The third-order valence-electron chi connectivity index (χ3n) is 4.68. The van der Waals surface area contributed by atoms with Crippen molar-refractivity contribution in [1.82, 2.24) is 20.4 Å². The third-order valence-corrected chi connectivity index (χ3v) is 4.68. The Balaban J connectivity index is 1.67. The van der Waals surface area contributed by atoms with Gasteiger partial charge in [-0.2, -0.15) is 5.10 Å². The monoisotopic (exact) mass is 326 g/mol. The fraction of sp³-hybridized carbons (Fsp3) is 0.474. The molecule has 1 fully saturated rings. The van der Waals surface area contributed by atoms with E-state index in [0.29, 0.717) is 11.7 Å². The van der Waals surface area contributed by atoms with Gasteiger partial charge in [0.05, 0.1) is 12.1 Å². The number of rotatable bonds is 5. The second-order valence-electron chi connectivity index (χ2n) is 6.53. The maximum atomic E-state index is 12.5. The summed E-state index contributed by atoms with van der Waals surface area (Å²) in [5.41, 5.74) is 2.85. The summed E-state index contributed by atoms with van der Waals surface area (Å²) in [7, 11) is 0. The van der Waals surface area contributed by atoms with Crippen LogP contribution in [0.3, 0.4) is 0 Å². The van der Waals surface area contributed by atoms with E-state index in [0.717, 1.165) is 37.9 Å². The molecular formula is C19H26N4O. The van der Waals surface area contributed by atoms with Crippen LogP contribution in [-0.2, 0) is 0 Å². The molecule has 128 valence electrons. The zero-order chi connectivity index (χ0) is 16.9. The largest absolute Gasteiger partial charge is 0.344 e. The number of carbonyl (C=O) groups is 1. The first-order valence-electron chi connectivity index (χ1n) is 8.80. The van der Waals surface area contributed by atoms with Crippen molar-refractivity contribution in [3.8, 4) is 0 Å². The van der Waals surface area contributed by atoms with E-state index in [9.17, 15) is 4.79 Å². The minimum atomic E-state index is -0.107. The minimum Gasteiger partial charge on any atom is -0.344 e. The first-order valence-corrected chi connectivity index (χ1v) is 8.80. The van der Waals surface area contributed by atoms with Crippen LogP contribution in [-0.4, -0.2) is 28.8 Å². The fourth-order valence-corrected chi connectivity index (χ4v) is 3.17. The van der Waals surface area contributed by atoms with Crippen molar-refractivity contribution in [3.05, 3.63) is 53.3 Å². The summed E-state index contributed by atoms with van der Waals surface area (Å²) in [5.74, 6) is -0.107. The van der Waals surface area contributed by atoms with Crippen LogP contribution in [0.1, 0.15) is 59.9 Å². The lowest BCUT2D eigenvalue weighted by Crippen LogP contribution is -2.32. The Kier molecular flexibility index (Phi) is 5.30. The molecule has 24 heavy (non-hydrogen) atoms. The Labute approximate surface area is 143 Å². The SMILES string of the molecule is CCC(NC(=O)c1ccn(C2CCCNC2)n1)c1ccc(C)cc1. The molecule has 0 spiro atoms. The van der Waals surface area contributed by atoms with E-state index in [1.165, 1.54) is 5.56 Å². The van der Waals surface area contributed by atoms with E-state index < -0.39 is 0 Å². The lowest BCUT2D eigenvalue weighted by Gasteiger charge is -2.23. The average Bonchev–Trinajstić information content (AvgIpc) is 3.11. The molecule has 5 heteroatoms. The predicted molar refractivity (Wildman–Crippen MR) is 95.0 cm³/mol. The molecule has 1 amide bonds. The Morgan fingerprint density at radius 1 is 1.38 bits per heavy atom. The van der Waals surface area contributed by atoms with Crippen molar-refractivity contribution in [2.45, 2.75) is 45.2 Å². The van der Waals surface area contributed by atoms with Crippen molar-refractivity contribution in [3.63, 3.8) is 0 Å². The zero-order valence-electron chi connectivity index (χ0n) is 14.5. The number of nitrogens with zero attached hydrogens (tertiary/aromatic N) is 2. The van der Waals surface area contributed by atoms with Gasteiger partial charge in [0.2, 0.25) is 0 Å². The van der Waals surface area contributed by atoms with Crippen LogP contribution in [0, 0.1) is 6.92 Å². The fourth-order valence-electron chi connectivity index (χ4n) is 3.17. The topological polar surface area (TPSA) is 59.0 Å². The van der Waals surface area contributed by atoms with Gasteiger partial charge >= 0.3 is 0 Å². The van der Waals surface area contributed by atoms with E-state index in [2.05, 4.69) is 53.8 Å². The summed E-state index contributed by atoms with van der Waals surface area (Å²) in [6, 6.07) is 10.5. The van der Waals surface area contributed by atoms with Crippen LogP contribution in [0.4, 0.5) is 0 Å². The van der Waals surface area contributed by atoms with Crippen LogP contribution >= 0.6 is 0 Å². The molecule has 1 aliphatic heterocycles. The highest BCUT2D eigenvalue weighted by atomic mass is 16.2. The molecule has 1 saturated heterocycles. The summed E-state index contributed by atoms with van der Waals surface area (Å²) in [6.07, 6.45) is 5.02. The standard InChI is InChI=1S/C19H26N4O/c1-3-17(15-8-6-14(2)7-9-15)21-19(24)18-10-12-23(22-18)16-5-4-11-20-13-16/h6-10,12,16-17,20H,3-5,11,13H2,1-2H3,(H,21,24). The number of nitrogens with one attached hydrogen (secondary N) is 2. The van der Waals surface area contributed by atoms with Gasteiger partial charge in [-0.25, -0.2) is 0 Å². The number of carbonyl (C=O) groups excluding carboxylic acids is 1. The van der Waals surface area contributed by atoms with Crippen molar-refractivity contribution >= 4 is 5.91 Å². The Morgan fingerprint density at radius 3 is 2.83 bits per heavy atom. The summed E-state index contributed by atoms with van der Waals surface area (Å²) in [6.45, 7) is 6.14. The third kappa shape index (κ3) is 3.85. The maximum absolute atomic E-state index is 12.5. The van der Waals surface area contributed by atoms with Crippen molar-refractivity contribution in [2.24, 2.45) is 0 Å². The Hall–Kier alpha value is -2.14. The molecule has 0 aliphatic carbocycles. The molecule has 0 bridgehead atoms. The van der Waals surface area contributed by atoms with E-state index >= 15 is 0 Å². The summed E-state index contributed by atoms with van der Waals surface area (Å²) >= 11 is 0. The molecule has 0 saturated carbocycles. The zero-order valence-corrected chi connectivity index (χ0v) is 14.5. The quantitative estimate of drug-likeness (QED) is 0.888. The molecule has 1 aliphatic rings. The van der Waals surface area contributed by atoms with Crippen molar-refractivity contribution in [1.29, 1.82) is 0 Å². The van der Waals surface area contributed by atoms with Gasteiger partial charge in [0.25, 0.3) is 5.91 Å². The molecule has 2 unspecified atom stereocenters. The van der Waals surface area contributed by atoms with Crippen molar-refractivity contribution < 1.29 is 4.79 Å². The number of aromatic nitrogens is 2. The van der Waals surface area contributed by atoms with Gasteiger partial charge in [-0.1, -0.05) is 36.8 Å². The maximum Gasteiger partial charge on any atom is 0.272 e. The van der Waals surface area contributed by atoms with Gasteiger partial charge in [-0.3, -0.25) is 9.48 Å². The highest BCUT2D eigenvalue weighted by molar-refractivity contribution is 5.92. The van der Waals surface area contributed by atoms with Gasteiger partial charge in [-0.05, 0) is 44.4 Å². The van der Waals surface area contributed by atoms with Gasteiger partial charge in [0.1, 0.15) is 5.69 Å². The summed E-state index contributed by atoms with van der Waals surface area (Å²) in [4.78, 5) is 12.5. The van der Waals surface area contributed by atoms with E-state index in [1.807, 2.05) is 16.9 Å². The number of hydrogen-bond donors (Lipinski definition) is 2. The molecule has 2 atom stereocenters. The first-order chi connectivity index (χ1) is 11.7. The van der Waals surface area contributed by atoms with E-state index in [1.54, 1.807) is 0 Å². The number of amides is 1. The van der Waals surface area contributed by atoms with E-state index in [4.69, 9.17) is 0 Å². The molecular weight excluding hydrogens is 300 g/mol. The van der Waals surface area contributed by atoms with E-state index in [-0.39, 0.29) is 11.9 Å². The molecule has 3 rings (SSSR count). The average molecular weight is 326 g/mol. The summed E-state index contributed by atoms with van der Waals surface area (Å²) < 4.78 is 1.92. The molecule has 2 N–H and O–H groups in total. The summed E-state index contributed by atoms with van der Waals surface area (Å²) in [5, 5.41) is 11.0. The van der Waals surface area contributed by atoms with Crippen LogP contribution in [0.5, 0.6) is 0 Å². The van der Waals surface area contributed by atoms with Crippen LogP contribution in [0.25, 0.3) is 0 Å². The highest BCUT2D eigenvalue weighted by Crippen LogP contribution is 2.19. The van der Waals surface area contributed by atoms with Gasteiger partial charge in [0, 0.05) is 12.7 Å². The van der Waals surface area contributed by atoms with Gasteiger partial charge in [0.15, 0.2) is 0 Å². The van der Waals surface area contributed by atoms with Crippen LogP contribution < -0.4 is 10.6 Å². The van der Waals surface area contributed by atoms with Gasteiger partial charge < -0.3 is 10.6 Å². The lowest BCUT2D eigenvalue weighted by atomic mass is 10.0. The second kappa shape index (κ2) is 7.62.